The van der Waals surface area contributed by atoms with Crippen LogP contribution in [0.15, 0.2) is 42.6 Å². The molecule has 0 aliphatic heterocycles. The first kappa shape index (κ1) is 18.4. The number of halogens is 1. The van der Waals surface area contributed by atoms with Crippen molar-refractivity contribution in [1.82, 2.24) is 4.98 Å². The fourth-order valence-corrected chi connectivity index (χ4v) is 1.98. The maximum atomic E-state index is 11.8. The van der Waals surface area contributed by atoms with E-state index in [-0.39, 0.29) is 12.3 Å². The topological polar surface area (TPSA) is 94.6 Å². The first-order valence-corrected chi connectivity index (χ1v) is 7.73. The fourth-order valence-electron chi connectivity index (χ4n) is 1.82. The molecular weight excluding hydrogens is 348 g/mol. The Morgan fingerprint density at radius 1 is 1.08 bits per heavy atom. The van der Waals surface area contributed by atoms with Gasteiger partial charge in [-0.15, -0.1) is 0 Å². The van der Waals surface area contributed by atoms with Gasteiger partial charge >= 0.3 is 11.9 Å². The Kier molecular flexibility index (Phi) is 6.47. The highest BCUT2D eigenvalue weighted by atomic mass is 35.5. The van der Waals surface area contributed by atoms with Gasteiger partial charge in [0.15, 0.2) is 6.61 Å². The molecule has 130 valence electrons. The van der Waals surface area contributed by atoms with Crippen molar-refractivity contribution in [2.75, 3.05) is 18.5 Å². The summed E-state index contributed by atoms with van der Waals surface area (Å²) in [7, 11) is 0. The number of carbonyl (C=O) groups excluding carboxylic acids is 3. The van der Waals surface area contributed by atoms with Crippen LogP contribution in [-0.2, 0) is 14.3 Å². The minimum atomic E-state index is -0.754. The largest absolute Gasteiger partial charge is 0.462 e. The number of benzene rings is 1. The lowest BCUT2D eigenvalue weighted by atomic mass is 10.2. The molecule has 1 heterocycles. The van der Waals surface area contributed by atoms with Crippen molar-refractivity contribution < 1.29 is 23.9 Å². The number of nitrogens with one attached hydrogen (secondary N) is 1. The van der Waals surface area contributed by atoms with Gasteiger partial charge in [0.05, 0.1) is 12.2 Å². The van der Waals surface area contributed by atoms with Crippen molar-refractivity contribution in [3.63, 3.8) is 0 Å². The highest BCUT2D eigenvalue weighted by molar-refractivity contribution is 6.30. The summed E-state index contributed by atoms with van der Waals surface area (Å²) in [6.07, 6.45) is 1.37. The zero-order chi connectivity index (χ0) is 18.2. The quantitative estimate of drug-likeness (QED) is 0.794. The highest BCUT2D eigenvalue weighted by Gasteiger charge is 2.12. The van der Waals surface area contributed by atoms with Crippen molar-refractivity contribution in [3.8, 4) is 0 Å². The van der Waals surface area contributed by atoms with Crippen LogP contribution >= 0.6 is 11.6 Å². The van der Waals surface area contributed by atoms with Crippen molar-refractivity contribution in [1.29, 1.82) is 0 Å². The molecule has 7 nitrogen and oxygen atoms in total. The van der Waals surface area contributed by atoms with E-state index >= 15 is 0 Å². The maximum absolute atomic E-state index is 11.8. The summed E-state index contributed by atoms with van der Waals surface area (Å²) in [6, 6.07) is 9.00. The van der Waals surface area contributed by atoms with Crippen molar-refractivity contribution in [2.24, 2.45) is 0 Å². The number of amides is 1. The number of esters is 2. The number of hydrogen-bond acceptors (Lipinski definition) is 6. The fraction of sp³-hybridized carbons (Fsp3) is 0.176. The normalized spacial score (nSPS) is 10.0. The predicted octanol–water partition coefficient (Wildman–Crippen LogP) is 2.71. The molecule has 0 aliphatic carbocycles. The summed E-state index contributed by atoms with van der Waals surface area (Å²) in [5.41, 5.74) is 0.840. The second kappa shape index (κ2) is 8.79. The molecule has 1 amide bonds. The lowest BCUT2D eigenvalue weighted by Crippen LogP contribution is -2.21. The van der Waals surface area contributed by atoms with Gasteiger partial charge in [0.1, 0.15) is 5.69 Å². The summed E-state index contributed by atoms with van der Waals surface area (Å²) in [4.78, 5) is 38.9. The smallest absolute Gasteiger partial charge is 0.357 e. The standard InChI is InChI=1S/C17H15ClN2O5/c1-2-24-16(22)11-3-5-13(6-4-11)20-15(21)10-25-17(23)14-9-12(18)7-8-19-14/h3-9H,2,10H2,1H3,(H,20,21). The average Bonchev–Trinajstić information content (AvgIpc) is 2.60. The maximum Gasteiger partial charge on any atom is 0.357 e. The lowest BCUT2D eigenvalue weighted by molar-refractivity contribution is -0.119. The summed E-state index contributed by atoms with van der Waals surface area (Å²) >= 11 is 5.75. The molecule has 2 rings (SSSR count). The Balaban J connectivity index is 1.86. The van der Waals surface area contributed by atoms with Gasteiger partial charge in [0.2, 0.25) is 0 Å². The van der Waals surface area contributed by atoms with E-state index in [1.54, 1.807) is 19.1 Å². The van der Waals surface area contributed by atoms with Gasteiger partial charge in [-0.2, -0.15) is 0 Å². The van der Waals surface area contributed by atoms with Crippen LogP contribution in [-0.4, -0.2) is 36.0 Å². The van der Waals surface area contributed by atoms with Crippen molar-refractivity contribution >= 4 is 35.1 Å². The van der Waals surface area contributed by atoms with E-state index in [1.807, 2.05) is 0 Å². The van der Waals surface area contributed by atoms with Crippen molar-refractivity contribution in [2.45, 2.75) is 6.92 Å². The number of carbonyl (C=O) groups is 3. The highest BCUT2D eigenvalue weighted by Crippen LogP contribution is 2.11. The molecule has 1 aromatic carbocycles. The van der Waals surface area contributed by atoms with Gasteiger partial charge < -0.3 is 14.8 Å². The van der Waals surface area contributed by atoms with E-state index in [9.17, 15) is 14.4 Å². The molecule has 0 unspecified atom stereocenters. The molecule has 0 bridgehead atoms. The molecule has 0 saturated heterocycles. The molecule has 1 N–H and O–H groups in total. The molecule has 0 atom stereocenters. The number of pyridine rings is 1. The first-order valence-electron chi connectivity index (χ1n) is 7.35. The third-order valence-electron chi connectivity index (χ3n) is 2.95. The molecular formula is C17H15ClN2O5. The van der Waals surface area contributed by atoms with Crippen LogP contribution in [0.25, 0.3) is 0 Å². The average molecular weight is 363 g/mol. The van der Waals surface area contributed by atoms with Gasteiger partial charge in [-0.05, 0) is 43.3 Å². The molecule has 0 spiro atoms. The third-order valence-corrected chi connectivity index (χ3v) is 3.18. The second-order valence-corrected chi connectivity index (χ2v) is 5.22. The Morgan fingerprint density at radius 2 is 1.80 bits per heavy atom. The van der Waals surface area contributed by atoms with Crippen LogP contribution in [0, 0.1) is 0 Å². The van der Waals surface area contributed by atoms with Crippen molar-refractivity contribution in [3.05, 3.63) is 58.9 Å². The molecule has 0 aliphatic rings. The number of aromatic nitrogens is 1. The van der Waals surface area contributed by atoms with E-state index < -0.39 is 24.5 Å². The minimum Gasteiger partial charge on any atom is -0.462 e. The second-order valence-electron chi connectivity index (χ2n) is 4.78. The van der Waals surface area contributed by atoms with Gasteiger partial charge in [0.25, 0.3) is 5.91 Å². The van der Waals surface area contributed by atoms with Crippen LogP contribution in [0.5, 0.6) is 0 Å². The van der Waals surface area contributed by atoms with E-state index in [4.69, 9.17) is 21.1 Å². The number of ether oxygens (including phenoxy) is 2. The zero-order valence-electron chi connectivity index (χ0n) is 13.3. The lowest BCUT2D eigenvalue weighted by Gasteiger charge is -2.07. The van der Waals surface area contributed by atoms with E-state index in [0.29, 0.717) is 16.3 Å². The number of hydrogen-bond donors (Lipinski definition) is 1. The SMILES string of the molecule is CCOC(=O)c1ccc(NC(=O)COC(=O)c2cc(Cl)ccn2)cc1. The molecule has 8 heteroatoms. The Morgan fingerprint density at radius 3 is 2.44 bits per heavy atom. The van der Waals surface area contributed by atoms with E-state index in [2.05, 4.69) is 10.3 Å². The van der Waals surface area contributed by atoms with Crippen LogP contribution in [0.2, 0.25) is 5.02 Å². The van der Waals surface area contributed by atoms with Gasteiger partial charge in [0, 0.05) is 16.9 Å². The molecule has 0 fully saturated rings. The van der Waals surface area contributed by atoms with E-state index in [1.165, 1.54) is 30.5 Å². The molecule has 0 radical (unpaired) electrons. The number of nitrogens with zero attached hydrogens (tertiary/aromatic N) is 1. The van der Waals surface area contributed by atoms with Crippen LogP contribution in [0.1, 0.15) is 27.8 Å². The Labute approximate surface area is 148 Å². The van der Waals surface area contributed by atoms with Crippen LogP contribution < -0.4 is 5.32 Å². The monoisotopic (exact) mass is 362 g/mol. The number of rotatable bonds is 6. The van der Waals surface area contributed by atoms with Gasteiger partial charge in [-0.3, -0.25) is 4.79 Å². The van der Waals surface area contributed by atoms with Gasteiger partial charge in [-0.25, -0.2) is 14.6 Å². The molecule has 2 aromatic rings. The zero-order valence-corrected chi connectivity index (χ0v) is 14.1. The predicted molar refractivity (Wildman–Crippen MR) is 90.6 cm³/mol. The van der Waals surface area contributed by atoms with Crippen LogP contribution in [0.4, 0.5) is 5.69 Å². The Bertz CT molecular complexity index is 777. The minimum absolute atomic E-state index is 0.0130. The molecule has 1 aromatic heterocycles. The Hall–Kier alpha value is -2.93. The summed E-state index contributed by atoms with van der Waals surface area (Å²) in [5, 5.41) is 2.88. The molecule has 0 saturated carbocycles. The van der Waals surface area contributed by atoms with E-state index in [0.717, 1.165) is 0 Å². The summed E-state index contributed by atoms with van der Waals surface area (Å²) < 4.78 is 9.73. The molecule has 25 heavy (non-hydrogen) atoms. The third kappa shape index (κ3) is 5.58. The summed E-state index contributed by atoms with van der Waals surface area (Å²) in [6.45, 7) is 1.52. The first-order chi connectivity index (χ1) is 12.0. The number of anilines is 1. The summed E-state index contributed by atoms with van der Waals surface area (Å²) in [5.74, 6) is -1.72. The van der Waals surface area contributed by atoms with Gasteiger partial charge in [-0.1, -0.05) is 11.6 Å². The van der Waals surface area contributed by atoms with Crippen LogP contribution in [0.3, 0.4) is 0 Å².